The van der Waals surface area contributed by atoms with Crippen LogP contribution in [0.2, 0.25) is 0 Å². The van der Waals surface area contributed by atoms with Gasteiger partial charge in [-0.2, -0.15) is 0 Å². The van der Waals surface area contributed by atoms with Crippen LogP contribution in [0.3, 0.4) is 0 Å². The molecule has 7 heteroatoms. The molecule has 2 amide bonds. The molecule has 0 rings (SSSR count). The van der Waals surface area contributed by atoms with Gasteiger partial charge in [-0.15, -0.1) is 5.17 Å². The number of carbonyl (C=O) groups excluding carboxylic acids is 2. The van der Waals surface area contributed by atoms with Crippen molar-refractivity contribution in [2.24, 2.45) is 11.5 Å². The number of hydroxylamine groups is 1. The van der Waals surface area contributed by atoms with Gasteiger partial charge in [0.05, 0.1) is 13.1 Å². The van der Waals surface area contributed by atoms with Gasteiger partial charge >= 0.3 is 0 Å². The standard InChI is InChI=1S/C4H10N4O3/c5-1-3(9)7-8(11)4(10)2-6/h11H,1-2,5-6H2,(H,7,9). The van der Waals surface area contributed by atoms with Crippen molar-refractivity contribution in [3.8, 4) is 0 Å². The lowest BCUT2D eigenvalue weighted by Crippen LogP contribution is -2.48. The average Bonchev–Trinajstić information content (AvgIpc) is 2.02. The Morgan fingerprint density at radius 2 is 1.91 bits per heavy atom. The third-order valence-electron chi connectivity index (χ3n) is 0.827. The van der Waals surface area contributed by atoms with E-state index in [4.69, 9.17) is 16.7 Å². The van der Waals surface area contributed by atoms with Gasteiger partial charge in [0.2, 0.25) is 0 Å². The first-order chi connectivity index (χ1) is 5.11. The quantitative estimate of drug-likeness (QED) is 0.257. The Morgan fingerprint density at radius 3 is 2.27 bits per heavy atom. The molecule has 11 heavy (non-hydrogen) atoms. The minimum absolute atomic E-state index is 0.00912. The molecular formula is C4H10N4O3. The summed E-state index contributed by atoms with van der Waals surface area (Å²) in [5, 5.41) is 8.64. The number of amides is 2. The van der Waals surface area contributed by atoms with Crippen LogP contribution in [0.25, 0.3) is 0 Å². The van der Waals surface area contributed by atoms with Crippen LogP contribution in [0.5, 0.6) is 0 Å². The molecule has 0 fully saturated rings. The first-order valence-electron chi connectivity index (χ1n) is 2.83. The van der Waals surface area contributed by atoms with Gasteiger partial charge in [-0.25, -0.2) is 5.43 Å². The zero-order valence-electron chi connectivity index (χ0n) is 5.78. The van der Waals surface area contributed by atoms with Crippen LogP contribution in [0.4, 0.5) is 0 Å². The zero-order valence-corrected chi connectivity index (χ0v) is 5.78. The Hall–Kier alpha value is -1.18. The molecule has 0 aliphatic heterocycles. The molecule has 6 N–H and O–H groups in total. The van der Waals surface area contributed by atoms with E-state index in [1.165, 1.54) is 0 Å². The number of hydrogen-bond donors (Lipinski definition) is 4. The number of hydrazine groups is 1. The summed E-state index contributed by atoms with van der Waals surface area (Å²) in [6.07, 6.45) is 0. The second-order valence-electron chi connectivity index (χ2n) is 1.65. The Balaban J connectivity index is 3.77. The Bertz CT molecular complexity index is 159. The maximum Gasteiger partial charge on any atom is 0.280 e. The van der Waals surface area contributed by atoms with Crippen molar-refractivity contribution < 1.29 is 14.8 Å². The molecule has 0 radical (unpaired) electrons. The van der Waals surface area contributed by atoms with E-state index in [0.717, 1.165) is 0 Å². The number of nitrogens with two attached hydrogens (primary N) is 2. The predicted octanol–water partition coefficient (Wildman–Crippen LogP) is -2.85. The first kappa shape index (κ1) is 9.82. The summed E-state index contributed by atoms with van der Waals surface area (Å²) < 4.78 is 0. The Morgan fingerprint density at radius 1 is 1.36 bits per heavy atom. The minimum atomic E-state index is -0.813. The minimum Gasteiger partial charge on any atom is -0.322 e. The van der Waals surface area contributed by atoms with Gasteiger partial charge in [-0.3, -0.25) is 14.8 Å². The average molecular weight is 162 g/mol. The highest BCUT2D eigenvalue weighted by molar-refractivity contribution is 5.82. The highest BCUT2D eigenvalue weighted by Crippen LogP contribution is 1.74. The second-order valence-corrected chi connectivity index (χ2v) is 1.65. The predicted molar refractivity (Wildman–Crippen MR) is 34.9 cm³/mol. The molecule has 0 heterocycles. The summed E-state index contributed by atoms with van der Waals surface area (Å²) >= 11 is 0. The van der Waals surface area contributed by atoms with E-state index in [9.17, 15) is 9.59 Å². The second kappa shape index (κ2) is 4.61. The summed E-state index contributed by atoms with van der Waals surface area (Å²) in [7, 11) is 0. The van der Waals surface area contributed by atoms with Crippen molar-refractivity contribution in [3.63, 3.8) is 0 Å². The number of nitrogens with zero attached hydrogens (tertiary/aromatic N) is 1. The topological polar surface area (TPSA) is 122 Å². The molecule has 0 aromatic rings. The molecule has 0 unspecified atom stereocenters. The lowest BCUT2D eigenvalue weighted by Gasteiger charge is -2.13. The molecule has 0 aromatic heterocycles. The fourth-order valence-electron chi connectivity index (χ4n) is 0.313. The van der Waals surface area contributed by atoms with Gasteiger partial charge in [0.15, 0.2) is 0 Å². The van der Waals surface area contributed by atoms with Gasteiger partial charge in [-0.05, 0) is 0 Å². The van der Waals surface area contributed by atoms with Crippen molar-refractivity contribution in [2.45, 2.75) is 0 Å². The van der Waals surface area contributed by atoms with E-state index >= 15 is 0 Å². The molecule has 0 aliphatic carbocycles. The fraction of sp³-hybridized carbons (Fsp3) is 0.500. The highest BCUT2D eigenvalue weighted by atomic mass is 16.6. The normalized spacial score (nSPS) is 9.00. The number of rotatable bonds is 2. The third kappa shape index (κ3) is 3.50. The third-order valence-corrected chi connectivity index (χ3v) is 0.827. The van der Waals surface area contributed by atoms with Crippen LogP contribution in [0, 0.1) is 0 Å². The van der Waals surface area contributed by atoms with Gasteiger partial charge in [-0.1, -0.05) is 0 Å². The van der Waals surface area contributed by atoms with E-state index < -0.39 is 11.8 Å². The summed E-state index contributed by atoms with van der Waals surface area (Å²) in [4.78, 5) is 20.9. The van der Waals surface area contributed by atoms with Crippen molar-refractivity contribution in [1.82, 2.24) is 10.6 Å². The lowest BCUT2D eigenvalue weighted by molar-refractivity contribution is -0.182. The van der Waals surface area contributed by atoms with Crippen LogP contribution in [-0.2, 0) is 9.59 Å². The molecule has 0 aromatic carbocycles. The van der Waals surface area contributed by atoms with Crippen molar-refractivity contribution >= 4 is 11.8 Å². The molecule has 0 saturated carbocycles. The Kier molecular flexibility index (Phi) is 4.11. The molecule has 64 valence electrons. The lowest BCUT2D eigenvalue weighted by atomic mass is 10.6. The highest BCUT2D eigenvalue weighted by Gasteiger charge is 2.09. The first-order valence-corrected chi connectivity index (χ1v) is 2.83. The van der Waals surface area contributed by atoms with Gasteiger partial charge in [0, 0.05) is 0 Å². The summed E-state index contributed by atoms with van der Waals surface area (Å²) in [5.41, 5.74) is 11.5. The van der Waals surface area contributed by atoms with E-state index in [-0.39, 0.29) is 18.3 Å². The van der Waals surface area contributed by atoms with E-state index in [2.05, 4.69) is 0 Å². The van der Waals surface area contributed by atoms with E-state index in [0.29, 0.717) is 0 Å². The summed E-state index contributed by atoms with van der Waals surface area (Å²) in [6, 6.07) is 0. The van der Waals surface area contributed by atoms with Crippen LogP contribution in [0.1, 0.15) is 0 Å². The van der Waals surface area contributed by atoms with Crippen LogP contribution in [-0.4, -0.2) is 35.3 Å². The smallest absolute Gasteiger partial charge is 0.280 e. The zero-order chi connectivity index (χ0) is 8.85. The van der Waals surface area contributed by atoms with Crippen molar-refractivity contribution in [1.29, 1.82) is 0 Å². The van der Waals surface area contributed by atoms with Crippen molar-refractivity contribution in [3.05, 3.63) is 0 Å². The SMILES string of the molecule is NCC(=O)NN(O)C(=O)CN. The molecule has 0 aliphatic rings. The van der Waals surface area contributed by atoms with E-state index in [1.807, 2.05) is 0 Å². The molecule has 0 spiro atoms. The number of nitrogens with one attached hydrogen (secondary N) is 1. The molecule has 0 atom stereocenters. The largest absolute Gasteiger partial charge is 0.322 e. The number of carbonyl (C=O) groups is 2. The number of hydrogen-bond acceptors (Lipinski definition) is 5. The van der Waals surface area contributed by atoms with Crippen LogP contribution < -0.4 is 16.9 Å². The van der Waals surface area contributed by atoms with Gasteiger partial charge in [0.25, 0.3) is 11.8 Å². The van der Waals surface area contributed by atoms with Gasteiger partial charge in [0.1, 0.15) is 0 Å². The van der Waals surface area contributed by atoms with Crippen LogP contribution >= 0.6 is 0 Å². The maximum atomic E-state index is 10.5. The van der Waals surface area contributed by atoms with E-state index in [1.54, 1.807) is 5.43 Å². The molecular weight excluding hydrogens is 152 g/mol. The molecule has 0 saturated heterocycles. The molecule has 0 bridgehead atoms. The maximum absolute atomic E-state index is 10.5. The summed E-state index contributed by atoms with van der Waals surface area (Å²) in [6.45, 7) is -0.698. The van der Waals surface area contributed by atoms with Gasteiger partial charge < -0.3 is 11.5 Å². The fourth-order valence-corrected chi connectivity index (χ4v) is 0.313. The van der Waals surface area contributed by atoms with Crippen LogP contribution in [0.15, 0.2) is 0 Å². The van der Waals surface area contributed by atoms with Crippen molar-refractivity contribution in [2.75, 3.05) is 13.1 Å². The molecule has 7 nitrogen and oxygen atoms in total. The summed E-state index contributed by atoms with van der Waals surface area (Å²) in [5.74, 6) is -1.49. The monoisotopic (exact) mass is 162 g/mol. The Labute approximate surface area is 62.9 Å².